The first-order valence-corrected chi connectivity index (χ1v) is 3.72. The van der Waals surface area contributed by atoms with Crippen LogP contribution in [-0.4, -0.2) is 22.8 Å². The summed E-state index contributed by atoms with van der Waals surface area (Å²) in [4.78, 5) is 10.7. The van der Waals surface area contributed by atoms with Crippen LogP contribution in [0.15, 0.2) is 11.6 Å². The number of carboxylic acids is 1. The van der Waals surface area contributed by atoms with Crippen LogP contribution in [0, 0.1) is 0 Å². The van der Waals surface area contributed by atoms with Gasteiger partial charge in [0, 0.05) is 6.42 Å². The lowest BCUT2D eigenvalue weighted by Gasteiger charge is -2.10. The Kier molecular flexibility index (Phi) is 1.16. The zero-order valence-electron chi connectivity index (χ0n) is 6.33. The van der Waals surface area contributed by atoms with E-state index in [0.717, 1.165) is 6.42 Å². The van der Waals surface area contributed by atoms with Gasteiger partial charge >= 0.3 is 5.97 Å². The van der Waals surface area contributed by atoms with E-state index in [1.807, 2.05) is 13.0 Å². The third-order valence-electron chi connectivity index (χ3n) is 2.44. The van der Waals surface area contributed by atoms with Crippen LogP contribution in [0.25, 0.3) is 0 Å². The zero-order valence-corrected chi connectivity index (χ0v) is 6.33. The second-order valence-corrected chi connectivity index (χ2v) is 3.26. The van der Waals surface area contributed by atoms with Gasteiger partial charge in [-0.25, -0.2) is 4.79 Å². The molecular weight excluding hydrogens is 144 g/mol. The first kappa shape index (κ1) is 6.85. The highest BCUT2D eigenvalue weighted by atomic mass is 16.6. The molecule has 1 saturated heterocycles. The van der Waals surface area contributed by atoms with E-state index in [0.29, 0.717) is 6.42 Å². The smallest absolute Gasteiger partial charge is 0.339 e. The number of fused-ring (bicyclic) bond motifs is 1. The summed E-state index contributed by atoms with van der Waals surface area (Å²) in [6.07, 6.45) is 3.23. The van der Waals surface area contributed by atoms with E-state index in [1.165, 1.54) is 5.57 Å². The van der Waals surface area contributed by atoms with Crippen LogP contribution >= 0.6 is 0 Å². The highest BCUT2D eigenvalue weighted by Gasteiger charge is 2.63. The Balaban J connectivity index is 2.19. The van der Waals surface area contributed by atoms with E-state index in [1.54, 1.807) is 0 Å². The number of aliphatic carboxylic acids is 1. The largest absolute Gasteiger partial charge is 0.479 e. The van der Waals surface area contributed by atoms with E-state index in [-0.39, 0.29) is 6.10 Å². The molecule has 60 valence electrons. The molecule has 1 heterocycles. The molecule has 3 heteroatoms. The highest BCUT2D eigenvalue weighted by molar-refractivity contribution is 5.82. The molecular formula is C8H10O3. The van der Waals surface area contributed by atoms with E-state index in [4.69, 9.17) is 9.84 Å². The molecule has 1 N–H and O–H groups in total. The van der Waals surface area contributed by atoms with Gasteiger partial charge in [0.2, 0.25) is 0 Å². The van der Waals surface area contributed by atoms with Gasteiger partial charge in [-0.15, -0.1) is 0 Å². The normalized spacial score (nSPS) is 40.8. The number of hydrogen-bond donors (Lipinski definition) is 1. The van der Waals surface area contributed by atoms with Crippen molar-refractivity contribution in [1.29, 1.82) is 0 Å². The first-order valence-electron chi connectivity index (χ1n) is 3.72. The van der Waals surface area contributed by atoms with Gasteiger partial charge < -0.3 is 9.84 Å². The van der Waals surface area contributed by atoms with Gasteiger partial charge in [-0.1, -0.05) is 11.6 Å². The molecule has 0 amide bonds. The van der Waals surface area contributed by atoms with E-state index >= 15 is 0 Å². The van der Waals surface area contributed by atoms with E-state index in [2.05, 4.69) is 0 Å². The predicted molar refractivity (Wildman–Crippen MR) is 38.2 cm³/mol. The Morgan fingerprint density at radius 2 is 2.64 bits per heavy atom. The summed E-state index contributed by atoms with van der Waals surface area (Å²) in [5.74, 6) is -0.814. The molecule has 0 spiro atoms. The van der Waals surface area contributed by atoms with Crippen LogP contribution in [0.3, 0.4) is 0 Å². The minimum absolute atomic E-state index is 0.0509. The summed E-state index contributed by atoms with van der Waals surface area (Å²) < 4.78 is 5.15. The van der Waals surface area contributed by atoms with Crippen molar-refractivity contribution in [2.45, 2.75) is 31.5 Å². The molecule has 2 rings (SSSR count). The lowest BCUT2D eigenvalue weighted by atomic mass is 9.90. The lowest BCUT2D eigenvalue weighted by Crippen LogP contribution is -2.28. The standard InChI is InChI=1S/C8H10O3/c1-5-2-3-8(7(9)10)6(4-5)11-8/h2,6H,3-4H2,1H3,(H,9,10). The van der Waals surface area contributed by atoms with Gasteiger partial charge in [0.1, 0.15) is 6.10 Å². The lowest BCUT2D eigenvalue weighted by molar-refractivity contribution is -0.143. The fourth-order valence-corrected chi connectivity index (χ4v) is 1.58. The molecule has 1 aliphatic carbocycles. The average Bonchev–Trinajstić information content (AvgIpc) is 2.62. The summed E-state index contributed by atoms with van der Waals surface area (Å²) in [7, 11) is 0. The van der Waals surface area contributed by atoms with Gasteiger partial charge in [-0.3, -0.25) is 0 Å². The van der Waals surface area contributed by atoms with Crippen molar-refractivity contribution < 1.29 is 14.6 Å². The number of rotatable bonds is 1. The minimum atomic E-state index is -0.834. The van der Waals surface area contributed by atoms with Crippen LogP contribution < -0.4 is 0 Å². The topological polar surface area (TPSA) is 49.8 Å². The molecule has 0 radical (unpaired) electrons. The van der Waals surface area contributed by atoms with Crippen LogP contribution in [0.4, 0.5) is 0 Å². The molecule has 2 atom stereocenters. The monoisotopic (exact) mass is 154 g/mol. The molecule has 1 aliphatic heterocycles. The van der Waals surface area contributed by atoms with Crippen LogP contribution in [0.5, 0.6) is 0 Å². The Morgan fingerprint density at radius 1 is 1.91 bits per heavy atom. The summed E-state index contributed by atoms with van der Waals surface area (Å²) >= 11 is 0. The summed E-state index contributed by atoms with van der Waals surface area (Å²) in [6, 6.07) is 0. The Morgan fingerprint density at radius 3 is 3.18 bits per heavy atom. The van der Waals surface area contributed by atoms with Crippen LogP contribution in [-0.2, 0) is 9.53 Å². The van der Waals surface area contributed by atoms with Crippen molar-refractivity contribution in [3.05, 3.63) is 11.6 Å². The molecule has 0 aromatic rings. The SMILES string of the molecule is CC1=CCC2(C(=O)O)OC2C1. The van der Waals surface area contributed by atoms with E-state index < -0.39 is 11.6 Å². The van der Waals surface area contributed by atoms with Gasteiger partial charge in [-0.05, 0) is 13.3 Å². The van der Waals surface area contributed by atoms with Gasteiger partial charge in [0.05, 0.1) is 0 Å². The zero-order chi connectivity index (χ0) is 8.06. The third kappa shape index (κ3) is 0.807. The summed E-state index contributed by atoms with van der Waals surface area (Å²) in [5, 5.41) is 8.77. The van der Waals surface area contributed by atoms with E-state index in [9.17, 15) is 4.79 Å². The predicted octanol–water partition coefficient (Wildman–Crippen LogP) is 0.949. The molecule has 0 aromatic heterocycles. The van der Waals surface area contributed by atoms with Gasteiger partial charge in [-0.2, -0.15) is 0 Å². The number of epoxide rings is 1. The third-order valence-corrected chi connectivity index (χ3v) is 2.44. The highest BCUT2D eigenvalue weighted by Crippen LogP contribution is 2.47. The number of ether oxygens (including phenoxy) is 1. The quantitative estimate of drug-likeness (QED) is 0.452. The fourth-order valence-electron chi connectivity index (χ4n) is 1.58. The molecule has 2 aliphatic rings. The molecule has 2 unspecified atom stereocenters. The first-order chi connectivity index (χ1) is 5.15. The molecule has 3 nitrogen and oxygen atoms in total. The Bertz CT molecular complexity index is 244. The Labute approximate surface area is 64.7 Å². The van der Waals surface area contributed by atoms with Crippen molar-refractivity contribution in [2.75, 3.05) is 0 Å². The second kappa shape index (κ2) is 1.85. The van der Waals surface area contributed by atoms with Crippen LogP contribution in [0.1, 0.15) is 19.8 Å². The summed E-state index contributed by atoms with van der Waals surface area (Å²) in [5.41, 5.74) is 0.406. The average molecular weight is 154 g/mol. The Hall–Kier alpha value is -0.830. The maximum atomic E-state index is 10.7. The summed E-state index contributed by atoms with van der Waals surface area (Å²) in [6.45, 7) is 2.01. The second-order valence-electron chi connectivity index (χ2n) is 3.26. The molecule has 11 heavy (non-hydrogen) atoms. The molecule has 0 bridgehead atoms. The molecule has 0 aromatic carbocycles. The van der Waals surface area contributed by atoms with Crippen molar-refractivity contribution in [3.8, 4) is 0 Å². The van der Waals surface area contributed by atoms with Crippen molar-refractivity contribution in [3.63, 3.8) is 0 Å². The van der Waals surface area contributed by atoms with Gasteiger partial charge in [0.25, 0.3) is 0 Å². The minimum Gasteiger partial charge on any atom is -0.479 e. The van der Waals surface area contributed by atoms with Crippen molar-refractivity contribution in [2.24, 2.45) is 0 Å². The van der Waals surface area contributed by atoms with Gasteiger partial charge in [0.15, 0.2) is 5.60 Å². The maximum Gasteiger partial charge on any atom is 0.339 e. The van der Waals surface area contributed by atoms with Crippen LogP contribution in [0.2, 0.25) is 0 Å². The molecule has 1 fully saturated rings. The van der Waals surface area contributed by atoms with Crippen molar-refractivity contribution >= 4 is 5.97 Å². The number of hydrogen-bond acceptors (Lipinski definition) is 2. The van der Waals surface area contributed by atoms with Crippen molar-refractivity contribution in [1.82, 2.24) is 0 Å². The number of carbonyl (C=O) groups is 1. The molecule has 0 saturated carbocycles. The fraction of sp³-hybridized carbons (Fsp3) is 0.625. The number of carboxylic acid groups (broad SMARTS) is 1. The maximum absolute atomic E-state index is 10.7.